The fraction of sp³-hybridized carbons (Fsp3) is 0.263. The van der Waals surface area contributed by atoms with E-state index in [9.17, 15) is 4.79 Å². The predicted octanol–water partition coefficient (Wildman–Crippen LogP) is 2.54. The first kappa shape index (κ1) is 14.8. The summed E-state index contributed by atoms with van der Waals surface area (Å²) < 4.78 is 1.97. The van der Waals surface area contributed by atoms with Gasteiger partial charge < -0.3 is 9.47 Å². The number of amides is 1. The SMILES string of the molecule is Cn1ccc(CC(=O)N2CCc3[nH]nc(-c4ccccc4)c3C2)c1. The van der Waals surface area contributed by atoms with Crippen molar-refractivity contribution in [2.24, 2.45) is 7.05 Å². The number of aryl methyl sites for hydroxylation is 1. The minimum Gasteiger partial charge on any atom is -0.357 e. The zero-order valence-electron chi connectivity index (χ0n) is 13.7. The van der Waals surface area contributed by atoms with Gasteiger partial charge in [-0.3, -0.25) is 9.89 Å². The van der Waals surface area contributed by atoms with Crippen molar-refractivity contribution >= 4 is 5.91 Å². The van der Waals surface area contributed by atoms with Crippen molar-refractivity contribution in [1.29, 1.82) is 0 Å². The van der Waals surface area contributed by atoms with Crippen LogP contribution in [-0.2, 0) is 31.2 Å². The Bertz CT molecular complexity index is 863. The molecule has 1 aliphatic rings. The molecule has 3 aromatic rings. The van der Waals surface area contributed by atoms with Crippen LogP contribution in [0.1, 0.15) is 16.8 Å². The quantitative estimate of drug-likeness (QED) is 0.806. The summed E-state index contributed by atoms with van der Waals surface area (Å²) in [5, 5.41) is 7.63. The van der Waals surface area contributed by atoms with Gasteiger partial charge >= 0.3 is 0 Å². The highest BCUT2D eigenvalue weighted by Gasteiger charge is 2.25. The Kier molecular flexibility index (Phi) is 3.69. The largest absolute Gasteiger partial charge is 0.357 e. The number of hydrogen-bond acceptors (Lipinski definition) is 2. The van der Waals surface area contributed by atoms with Gasteiger partial charge in [-0.25, -0.2) is 0 Å². The fourth-order valence-electron chi connectivity index (χ4n) is 3.29. The summed E-state index contributed by atoms with van der Waals surface area (Å²) in [6.07, 6.45) is 5.26. The number of carbonyl (C=O) groups is 1. The van der Waals surface area contributed by atoms with E-state index in [0.29, 0.717) is 13.0 Å². The van der Waals surface area contributed by atoms with Crippen molar-refractivity contribution in [3.05, 3.63) is 65.6 Å². The van der Waals surface area contributed by atoms with E-state index in [-0.39, 0.29) is 5.91 Å². The van der Waals surface area contributed by atoms with Crippen LogP contribution in [0, 0.1) is 0 Å². The van der Waals surface area contributed by atoms with E-state index in [4.69, 9.17) is 0 Å². The second kappa shape index (κ2) is 6.00. The van der Waals surface area contributed by atoms with Gasteiger partial charge in [-0.15, -0.1) is 0 Å². The standard InChI is InChI=1S/C19H20N4O/c1-22-9-7-14(12-22)11-18(24)23-10-8-17-16(13-23)19(21-20-17)15-5-3-2-4-6-15/h2-7,9,12H,8,10-11,13H2,1H3,(H,20,21). The first-order valence-electron chi connectivity index (χ1n) is 8.21. The van der Waals surface area contributed by atoms with Gasteiger partial charge in [0.05, 0.1) is 12.1 Å². The summed E-state index contributed by atoms with van der Waals surface area (Å²) in [7, 11) is 1.97. The molecule has 0 bridgehead atoms. The number of hydrogen-bond donors (Lipinski definition) is 1. The zero-order valence-corrected chi connectivity index (χ0v) is 13.7. The number of aromatic nitrogens is 3. The molecule has 0 fully saturated rings. The number of H-pyrrole nitrogens is 1. The van der Waals surface area contributed by atoms with Crippen LogP contribution >= 0.6 is 0 Å². The minimum absolute atomic E-state index is 0.173. The Balaban J connectivity index is 1.55. The Labute approximate surface area is 140 Å². The number of benzene rings is 1. The van der Waals surface area contributed by atoms with Gasteiger partial charge in [0.2, 0.25) is 5.91 Å². The average molecular weight is 320 g/mol. The highest BCUT2D eigenvalue weighted by molar-refractivity contribution is 5.79. The molecular formula is C19H20N4O. The zero-order chi connectivity index (χ0) is 16.5. The maximum Gasteiger partial charge on any atom is 0.227 e. The molecule has 1 N–H and O–H groups in total. The number of fused-ring (bicyclic) bond motifs is 1. The lowest BCUT2D eigenvalue weighted by Crippen LogP contribution is -2.36. The number of rotatable bonds is 3. The molecule has 5 heteroatoms. The predicted molar refractivity (Wildman–Crippen MR) is 92.3 cm³/mol. The summed E-state index contributed by atoms with van der Waals surface area (Å²) in [5.74, 6) is 0.173. The third kappa shape index (κ3) is 2.73. The average Bonchev–Trinajstić information content (AvgIpc) is 3.21. The maximum absolute atomic E-state index is 12.6. The molecule has 0 saturated carbocycles. The fourth-order valence-corrected chi connectivity index (χ4v) is 3.29. The van der Waals surface area contributed by atoms with Gasteiger partial charge in [0.1, 0.15) is 0 Å². The molecule has 0 aliphatic carbocycles. The summed E-state index contributed by atoms with van der Waals surface area (Å²) >= 11 is 0. The van der Waals surface area contributed by atoms with Gasteiger partial charge in [-0.05, 0) is 11.6 Å². The number of nitrogens with one attached hydrogen (secondary N) is 1. The van der Waals surface area contributed by atoms with Crippen LogP contribution in [0.2, 0.25) is 0 Å². The Morgan fingerprint density at radius 3 is 2.83 bits per heavy atom. The molecule has 0 spiro atoms. The molecule has 0 atom stereocenters. The molecule has 2 aromatic heterocycles. The lowest BCUT2D eigenvalue weighted by atomic mass is 10.0. The topological polar surface area (TPSA) is 53.9 Å². The third-order valence-corrected chi connectivity index (χ3v) is 4.58. The molecule has 1 aromatic carbocycles. The van der Waals surface area contributed by atoms with Crippen molar-refractivity contribution in [2.75, 3.05) is 6.54 Å². The van der Waals surface area contributed by atoms with Crippen molar-refractivity contribution in [3.63, 3.8) is 0 Å². The molecule has 3 heterocycles. The van der Waals surface area contributed by atoms with E-state index in [1.54, 1.807) is 0 Å². The second-order valence-electron chi connectivity index (χ2n) is 6.32. The smallest absolute Gasteiger partial charge is 0.227 e. The summed E-state index contributed by atoms with van der Waals surface area (Å²) in [6, 6.07) is 12.1. The first-order chi connectivity index (χ1) is 11.7. The molecule has 0 saturated heterocycles. The van der Waals surface area contributed by atoms with E-state index in [0.717, 1.165) is 41.0 Å². The van der Waals surface area contributed by atoms with Crippen molar-refractivity contribution in [3.8, 4) is 11.3 Å². The van der Waals surface area contributed by atoms with Crippen LogP contribution < -0.4 is 0 Å². The minimum atomic E-state index is 0.173. The van der Waals surface area contributed by atoms with E-state index in [1.165, 1.54) is 0 Å². The normalized spacial score (nSPS) is 13.8. The molecule has 5 nitrogen and oxygen atoms in total. The summed E-state index contributed by atoms with van der Waals surface area (Å²) in [4.78, 5) is 14.6. The number of nitrogens with zero attached hydrogens (tertiary/aromatic N) is 3. The molecule has 1 aliphatic heterocycles. The Morgan fingerprint density at radius 2 is 2.08 bits per heavy atom. The van der Waals surface area contributed by atoms with Gasteiger partial charge in [0.15, 0.2) is 0 Å². The molecule has 24 heavy (non-hydrogen) atoms. The highest BCUT2D eigenvalue weighted by Crippen LogP contribution is 2.28. The van der Waals surface area contributed by atoms with Crippen molar-refractivity contribution < 1.29 is 4.79 Å². The van der Waals surface area contributed by atoms with Crippen molar-refractivity contribution in [2.45, 2.75) is 19.4 Å². The van der Waals surface area contributed by atoms with Crippen LogP contribution in [0.3, 0.4) is 0 Å². The number of carbonyl (C=O) groups excluding carboxylic acids is 1. The first-order valence-corrected chi connectivity index (χ1v) is 8.21. The second-order valence-corrected chi connectivity index (χ2v) is 6.32. The molecule has 122 valence electrons. The van der Waals surface area contributed by atoms with Crippen LogP contribution in [0.4, 0.5) is 0 Å². The van der Waals surface area contributed by atoms with Crippen LogP contribution in [-0.4, -0.2) is 32.1 Å². The molecule has 0 radical (unpaired) electrons. The monoisotopic (exact) mass is 320 g/mol. The molecule has 0 unspecified atom stereocenters. The van der Waals surface area contributed by atoms with E-state index in [1.807, 2.05) is 53.2 Å². The van der Waals surface area contributed by atoms with Crippen molar-refractivity contribution in [1.82, 2.24) is 19.7 Å². The lowest BCUT2D eigenvalue weighted by Gasteiger charge is -2.27. The Morgan fingerprint density at radius 1 is 1.25 bits per heavy atom. The lowest BCUT2D eigenvalue weighted by molar-refractivity contribution is -0.131. The summed E-state index contributed by atoms with van der Waals surface area (Å²) in [6.45, 7) is 1.37. The summed E-state index contributed by atoms with van der Waals surface area (Å²) in [5.41, 5.74) is 5.41. The molecule has 1 amide bonds. The van der Waals surface area contributed by atoms with E-state index in [2.05, 4.69) is 22.3 Å². The van der Waals surface area contributed by atoms with Gasteiger partial charge in [0.25, 0.3) is 0 Å². The number of aromatic amines is 1. The third-order valence-electron chi connectivity index (χ3n) is 4.58. The van der Waals surface area contributed by atoms with Crippen LogP contribution in [0.25, 0.3) is 11.3 Å². The molecular weight excluding hydrogens is 300 g/mol. The maximum atomic E-state index is 12.6. The van der Waals surface area contributed by atoms with Gasteiger partial charge in [0, 0.05) is 55.8 Å². The van der Waals surface area contributed by atoms with Crippen LogP contribution in [0.5, 0.6) is 0 Å². The Hall–Kier alpha value is -2.82. The van der Waals surface area contributed by atoms with Crippen LogP contribution in [0.15, 0.2) is 48.8 Å². The van der Waals surface area contributed by atoms with Gasteiger partial charge in [-0.2, -0.15) is 5.10 Å². The van der Waals surface area contributed by atoms with E-state index < -0.39 is 0 Å². The molecule has 4 rings (SSSR count). The van der Waals surface area contributed by atoms with E-state index >= 15 is 0 Å². The van der Waals surface area contributed by atoms with Gasteiger partial charge in [-0.1, -0.05) is 30.3 Å². The highest BCUT2D eigenvalue weighted by atomic mass is 16.2.